The second-order valence-electron chi connectivity index (χ2n) is 5.32. The summed E-state index contributed by atoms with van der Waals surface area (Å²) in [5, 5.41) is 11.7. The van der Waals surface area contributed by atoms with E-state index in [9.17, 15) is 4.79 Å². The van der Waals surface area contributed by atoms with E-state index in [1.54, 1.807) is 0 Å². The molecule has 21 heavy (non-hydrogen) atoms. The molecule has 2 N–H and O–H groups in total. The summed E-state index contributed by atoms with van der Waals surface area (Å²) in [6.45, 7) is 3.45. The summed E-state index contributed by atoms with van der Waals surface area (Å²) in [7, 11) is 0. The van der Waals surface area contributed by atoms with Crippen molar-refractivity contribution in [2.75, 3.05) is 25.0 Å². The quantitative estimate of drug-likeness (QED) is 0.780. The lowest BCUT2D eigenvalue weighted by atomic mass is 10.1. The minimum Gasteiger partial charge on any atom is -0.384 e. The Hall–Kier alpha value is -1.99. The van der Waals surface area contributed by atoms with E-state index in [0.717, 1.165) is 42.7 Å². The van der Waals surface area contributed by atoms with Gasteiger partial charge in [0.25, 0.3) is 0 Å². The van der Waals surface area contributed by atoms with Crippen molar-refractivity contribution < 1.29 is 9.90 Å². The number of carbonyl (C=O) groups is 1. The molecular weight excluding hydrogens is 264 g/mol. The summed E-state index contributed by atoms with van der Waals surface area (Å²) in [5.74, 6) is 5.54. The van der Waals surface area contributed by atoms with E-state index >= 15 is 0 Å². The minimum absolute atomic E-state index is 0.0400. The number of carbonyl (C=O) groups excluding carboxylic acids is 1. The van der Waals surface area contributed by atoms with Crippen molar-refractivity contribution in [2.24, 2.45) is 0 Å². The Bertz CT molecular complexity index is 550. The summed E-state index contributed by atoms with van der Waals surface area (Å²) in [5.41, 5.74) is 2.61. The lowest BCUT2D eigenvalue weighted by molar-refractivity contribution is 0.214. The number of urea groups is 1. The molecule has 112 valence electrons. The lowest BCUT2D eigenvalue weighted by Gasteiger charge is -2.21. The van der Waals surface area contributed by atoms with Crippen LogP contribution in [-0.4, -0.2) is 35.7 Å². The number of hydrogen-bond donors (Lipinski definition) is 2. The van der Waals surface area contributed by atoms with Gasteiger partial charge in [-0.2, -0.15) is 0 Å². The van der Waals surface area contributed by atoms with Crippen LogP contribution in [0.25, 0.3) is 0 Å². The number of rotatable bonds is 1. The van der Waals surface area contributed by atoms with Gasteiger partial charge < -0.3 is 15.3 Å². The summed E-state index contributed by atoms with van der Waals surface area (Å²) in [6, 6.07) is 5.63. The van der Waals surface area contributed by atoms with E-state index in [2.05, 4.69) is 17.2 Å². The van der Waals surface area contributed by atoms with Crippen LogP contribution in [0.3, 0.4) is 0 Å². The van der Waals surface area contributed by atoms with Crippen molar-refractivity contribution in [1.29, 1.82) is 0 Å². The molecule has 1 fully saturated rings. The van der Waals surface area contributed by atoms with Crippen molar-refractivity contribution in [3.05, 3.63) is 29.3 Å². The molecule has 1 aromatic carbocycles. The Kier molecular flexibility index (Phi) is 5.65. The molecule has 1 aromatic rings. The van der Waals surface area contributed by atoms with Crippen molar-refractivity contribution in [2.45, 2.75) is 32.6 Å². The Labute approximate surface area is 126 Å². The predicted octanol–water partition coefficient (Wildman–Crippen LogP) is 2.75. The number of aryl methyl sites for hydroxylation is 1. The second-order valence-corrected chi connectivity index (χ2v) is 5.32. The molecule has 0 aliphatic carbocycles. The number of nitrogens with one attached hydrogen (secondary N) is 1. The second kappa shape index (κ2) is 7.70. The van der Waals surface area contributed by atoms with Crippen molar-refractivity contribution in [3.8, 4) is 11.8 Å². The number of aliphatic hydroxyl groups is 1. The number of benzene rings is 1. The van der Waals surface area contributed by atoms with Gasteiger partial charge in [-0.15, -0.1) is 0 Å². The fraction of sp³-hybridized carbons (Fsp3) is 0.471. The highest BCUT2D eigenvalue weighted by Crippen LogP contribution is 2.16. The SMILES string of the molecule is Cc1ccc(NC(=O)N2CCCCCC2)cc1C#CCO. The van der Waals surface area contributed by atoms with Crippen molar-refractivity contribution >= 4 is 11.7 Å². The molecule has 1 aliphatic heterocycles. The predicted molar refractivity (Wildman–Crippen MR) is 84.2 cm³/mol. The lowest BCUT2D eigenvalue weighted by Crippen LogP contribution is -2.35. The van der Waals surface area contributed by atoms with Crippen LogP contribution in [0.15, 0.2) is 18.2 Å². The number of hydrogen-bond acceptors (Lipinski definition) is 2. The molecular formula is C17H22N2O2. The zero-order valence-electron chi connectivity index (χ0n) is 12.5. The van der Waals surface area contributed by atoms with Crippen molar-refractivity contribution in [1.82, 2.24) is 4.90 Å². The number of nitrogens with zero attached hydrogens (tertiary/aromatic N) is 1. The molecule has 4 nitrogen and oxygen atoms in total. The molecule has 1 aliphatic rings. The van der Waals surface area contributed by atoms with Gasteiger partial charge in [-0.3, -0.25) is 0 Å². The van der Waals surface area contributed by atoms with E-state index in [0.29, 0.717) is 0 Å². The van der Waals surface area contributed by atoms with Gasteiger partial charge in [-0.1, -0.05) is 30.7 Å². The Morgan fingerprint density at radius 1 is 1.29 bits per heavy atom. The van der Waals surface area contributed by atoms with E-state index in [-0.39, 0.29) is 12.6 Å². The Balaban J connectivity index is 2.06. The maximum atomic E-state index is 12.3. The van der Waals surface area contributed by atoms with Crippen LogP contribution in [0.1, 0.15) is 36.8 Å². The van der Waals surface area contributed by atoms with Crippen LogP contribution in [-0.2, 0) is 0 Å². The number of aliphatic hydroxyl groups excluding tert-OH is 1. The Morgan fingerprint density at radius 2 is 2.00 bits per heavy atom. The largest absolute Gasteiger partial charge is 0.384 e. The first kappa shape index (κ1) is 15.4. The van der Waals surface area contributed by atoms with Gasteiger partial charge in [0.05, 0.1) is 0 Å². The molecule has 0 saturated carbocycles. The summed E-state index contributed by atoms with van der Waals surface area (Å²) in [4.78, 5) is 14.2. The number of amides is 2. The monoisotopic (exact) mass is 286 g/mol. The average molecular weight is 286 g/mol. The maximum absolute atomic E-state index is 12.3. The molecule has 0 atom stereocenters. The topological polar surface area (TPSA) is 52.6 Å². The Morgan fingerprint density at radius 3 is 2.67 bits per heavy atom. The zero-order valence-corrected chi connectivity index (χ0v) is 12.5. The third kappa shape index (κ3) is 4.51. The van der Waals surface area contributed by atoms with Crippen LogP contribution in [0.2, 0.25) is 0 Å². The first-order valence-electron chi connectivity index (χ1n) is 7.47. The fourth-order valence-electron chi connectivity index (χ4n) is 2.45. The number of likely N-dealkylation sites (tertiary alicyclic amines) is 1. The van der Waals surface area contributed by atoms with Gasteiger partial charge in [0.2, 0.25) is 0 Å². The van der Waals surface area contributed by atoms with E-state index < -0.39 is 0 Å². The third-order valence-electron chi connectivity index (χ3n) is 3.68. The highest BCUT2D eigenvalue weighted by Gasteiger charge is 2.15. The normalized spacial score (nSPS) is 14.9. The molecule has 1 saturated heterocycles. The van der Waals surface area contributed by atoms with Crippen LogP contribution in [0.4, 0.5) is 10.5 Å². The molecule has 0 bridgehead atoms. The summed E-state index contributed by atoms with van der Waals surface area (Å²) >= 11 is 0. The zero-order chi connectivity index (χ0) is 15.1. The minimum atomic E-state index is -0.163. The highest BCUT2D eigenvalue weighted by molar-refractivity contribution is 5.89. The maximum Gasteiger partial charge on any atom is 0.321 e. The molecule has 1 heterocycles. The average Bonchev–Trinajstić information content (AvgIpc) is 2.77. The van der Waals surface area contributed by atoms with Gasteiger partial charge in [-0.05, 0) is 37.5 Å². The molecule has 0 spiro atoms. The van der Waals surface area contributed by atoms with E-state index in [1.165, 1.54) is 12.8 Å². The third-order valence-corrected chi connectivity index (χ3v) is 3.68. The summed E-state index contributed by atoms with van der Waals surface area (Å²) in [6.07, 6.45) is 4.56. The van der Waals surface area contributed by atoms with Gasteiger partial charge in [0.15, 0.2) is 0 Å². The molecule has 4 heteroatoms. The van der Waals surface area contributed by atoms with E-state index in [4.69, 9.17) is 5.11 Å². The molecule has 0 radical (unpaired) electrons. The molecule has 0 aromatic heterocycles. The molecule has 2 amide bonds. The van der Waals surface area contributed by atoms with Gasteiger partial charge in [0, 0.05) is 24.3 Å². The molecule has 0 unspecified atom stereocenters. The van der Waals surface area contributed by atoms with E-state index in [1.807, 2.05) is 30.0 Å². The van der Waals surface area contributed by atoms with Crippen LogP contribution in [0.5, 0.6) is 0 Å². The fourth-order valence-corrected chi connectivity index (χ4v) is 2.45. The number of anilines is 1. The standard InChI is InChI=1S/C17H22N2O2/c1-14-8-9-16(13-15(14)7-6-12-20)18-17(21)19-10-4-2-3-5-11-19/h8-9,13,20H,2-5,10-12H2,1H3,(H,18,21). The smallest absolute Gasteiger partial charge is 0.321 e. The van der Waals surface area contributed by atoms with Crippen LogP contribution < -0.4 is 5.32 Å². The first-order valence-corrected chi connectivity index (χ1v) is 7.47. The van der Waals surface area contributed by atoms with Crippen molar-refractivity contribution in [3.63, 3.8) is 0 Å². The van der Waals surface area contributed by atoms with Crippen LogP contribution in [0, 0.1) is 18.8 Å². The molecule has 2 rings (SSSR count). The summed E-state index contributed by atoms with van der Waals surface area (Å²) < 4.78 is 0. The first-order chi connectivity index (χ1) is 10.2. The van der Waals surface area contributed by atoms with Gasteiger partial charge in [0.1, 0.15) is 6.61 Å². The highest BCUT2D eigenvalue weighted by atomic mass is 16.2. The van der Waals surface area contributed by atoms with Gasteiger partial charge >= 0.3 is 6.03 Å². The van der Waals surface area contributed by atoms with Gasteiger partial charge in [-0.25, -0.2) is 4.79 Å². The van der Waals surface area contributed by atoms with Crippen LogP contribution >= 0.6 is 0 Å².